The second kappa shape index (κ2) is 10.8. The number of rotatable bonds is 10. The summed E-state index contributed by atoms with van der Waals surface area (Å²) in [5.74, 6) is 0.676. The normalized spacial score (nSPS) is 12.5. The quantitative estimate of drug-likeness (QED) is 0.472. The zero-order valence-corrected chi connectivity index (χ0v) is 19.5. The van der Waals surface area contributed by atoms with Crippen molar-refractivity contribution in [3.05, 3.63) is 88.9 Å². The molecular weight excluding hydrogens is 450 g/mol. The summed E-state index contributed by atoms with van der Waals surface area (Å²) in [5, 5.41) is 10.5. The minimum atomic E-state index is -3.87. The van der Waals surface area contributed by atoms with Crippen LogP contribution in [0, 0.1) is 0 Å². The Balaban J connectivity index is 1.99. The lowest BCUT2D eigenvalue weighted by Gasteiger charge is -2.27. The van der Waals surface area contributed by atoms with Crippen LogP contribution in [0.1, 0.15) is 17.0 Å². The van der Waals surface area contributed by atoms with E-state index in [4.69, 9.17) is 21.1 Å². The molecule has 8 heteroatoms. The monoisotopic (exact) mass is 475 g/mol. The van der Waals surface area contributed by atoms with Crippen molar-refractivity contribution in [2.45, 2.75) is 17.4 Å². The number of ether oxygens (including phenoxy) is 2. The summed E-state index contributed by atoms with van der Waals surface area (Å²) in [6, 6.07) is 20.7. The lowest BCUT2D eigenvalue weighted by atomic mass is 10.00. The van der Waals surface area contributed by atoms with Gasteiger partial charge < -0.3 is 14.6 Å². The van der Waals surface area contributed by atoms with Gasteiger partial charge in [-0.3, -0.25) is 0 Å². The zero-order valence-electron chi connectivity index (χ0n) is 17.9. The van der Waals surface area contributed by atoms with E-state index in [0.29, 0.717) is 16.5 Å². The van der Waals surface area contributed by atoms with Gasteiger partial charge in [-0.15, -0.1) is 0 Å². The highest BCUT2D eigenvalue weighted by molar-refractivity contribution is 7.89. The van der Waals surface area contributed by atoms with Gasteiger partial charge in [-0.2, -0.15) is 4.31 Å². The molecule has 0 radical (unpaired) electrons. The van der Waals surface area contributed by atoms with Gasteiger partial charge in [0.1, 0.15) is 0 Å². The summed E-state index contributed by atoms with van der Waals surface area (Å²) in [6.07, 6.45) is 0. The molecular formula is C24H26ClNO5S. The van der Waals surface area contributed by atoms with Crippen LogP contribution in [0.15, 0.2) is 77.7 Å². The minimum Gasteiger partial charge on any atom is -0.493 e. The molecule has 3 aromatic rings. The summed E-state index contributed by atoms with van der Waals surface area (Å²) in [5.41, 5.74) is 1.59. The van der Waals surface area contributed by atoms with Crippen LogP contribution in [0.3, 0.4) is 0 Å². The molecule has 1 atom stereocenters. The third kappa shape index (κ3) is 5.61. The molecule has 0 aliphatic carbocycles. The fourth-order valence-electron chi connectivity index (χ4n) is 3.43. The third-order valence-electron chi connectivity index (χ3n) is 5.17. The van der Waals surface area contributed by atoms with Gasteiger partial charge in [0.15, 0.2) is 11.5 Å². The lowest BCUT2D eigenvalue weighted by molar-refractivity contribution is 0.240. The number of hydrogen-bond acceptors (Lipinski definition) is 5. The van der Waals surface area contributed by atoms with Crippen molar-refractivity contribution >= 4 is 21.6 Å². The van der Waals surface area contributed by atoms with E-state index in [2.05, 4.69) is 0 Å². The molecule has 0 bridgehead atoms. The van der Waals surface area contributed by atoms with Crippen molar-refractivity contribution < 1.29 is 23.0 Å². The van der Waals surface area contributed by atoms with E-state index in [0.717, 1.165) is 11.1 Å². The molecule has 0 aromatic heterocycles. The largest absolute Gasteiger partial charge is 0.493 e. The highest BCUT2D eigenvalue weighted by Gasteiger charge is 2.28. The molecule has 0 spiro atoms. The van der Waals surface area contributed by atoms with Gasteiger partial charge in [0, 0.05) is 24.0 Å². The summed E-state index contributed by atoms with van der Waals surface area (Å²) in [7, 11) is -0.802. The van der Waals surface area contributed by atoms with Crippen LogP contribution in [0.4, 0.5) is 0 Å². The van der Waals surface area contributed by atoms with Crippen LogP contribution in [-0.2, 0) is 16.6 Å². The number of halogens is 1. The molecule has 0 saturated carbocycles. The molecule has 0 saturated heterocycles. The highest BCUT2D eigenvalue weighted by Crippen LogP contribution is 2.30. The number of benzene rings is 3. The maximum atomic E-state index is 13.6. The molecule has 0 fully saturated rings. The Kier molecular flexibility index (Phi) is 8.15. The first-order valence-corrected chi connectivity index (χ1v) is 11.8. The van der Waals surface area contributed by atoms with Crippen LogP contribution < -0.4 is 9.47 Å². The Morgan fingerprint density at radius 2 is 1.59 bits per heavy atom. The molecule has 32 heavy (non-hydrogen) atoms. The first-order valence-electron chi connectivity index (χ1n) is 10.0. The van der Waals surface area contributed by atoms with Crippen LogP contribution in [0.5, 0.6) is 11.5 Å². The maximum absolute atomic E-state index is 13.6. The fraction of sp³-hybridized carbons (Fsp3) is 0.250. The van der Waals surface area contributed by atoms with E-state index in [-0.39, 0.29) is 24.6 Å². The molecule has 6 nitrogen and oxygen atoms in total. The van der Waals surface area contributed by atoms with Gasteiger partial charge in [0.2, 0.25) is 10.0 Å². The molecule has 3 aromatic carbocycles. The van der Waals surface area contributed by atoms with Gasteiger partial charge >= 0.3 is 0 Å². The van der Waals surface area contributed by atoms with Gasteiger partial charge in [-0.1, -0.05) is 48.0 Å². The molecule has 170 valence electrons. The predicted molar refractivity (Wildman–Crippen MR) is 125 cm³/mol. The molecule has 0 aliphatic rings. The zero-order chi connectivity index (χ0) is 23.1. The Morgan fingerprint density at radius 1 is 0.938 bits per heavy atom. The standard InChI is InChI=1S/C24H26ClNO5S/c1-30-23-13-8-18(14-24(23)31-2)15-26(16-20(17-27)19-6-4-3-5-7-19)32(28,29)22-11-9-21(25)10-12-22/h3-14,20,27H,15-17H2,1-2H3. The molecule has 0 heterocycles. The smallest absolute Gasteiger partial charge is 0.243 e. The topological polar surface area (TPSA) is 76.1 Å². The minimum absolute atomic E-state index is 0.0919. The number of nitrogens with zero attached hydrogens (tertiary/aromatic N) is 1. The lowest BCUT2D eigenvalue weighted by Crippen LogP contribution is -2.35. The van der Waals surface area contributed by atoms with Crippen molar-refractivity contribution in [2.75, 3.05) is 27.4 Å². The van der Waals surface area contributed by atoms with Gasteiger partial charge in [0.25, 0.3) is 0 Å². The van der Waals surface area contributed by atoms with E-state index in [1.54, 1.807) is 37.4 Å². The van der Waals surface area contributed by atoms with E-state index < -0.39 is 15.9 Å². The first kappa shape index (κ1) is 24.1. The third-order valence-corrected chi connectivity index (χ3v) is 7.25. The Labute approximate surface area is 194 Å². The number of aliphatic hydroxyl groups excluding tert-OH is 1. The summed E-state index contributed by atoms with van der Waals surface area (Å²) >= 11 is 5.95. The Hall–Kier alpha value is -2.58. The Morgan fingerprint density at radius 3 is 2.19 bits per heavy atom. The summed E-state index contributed by atoms with van der Waals surface area (Å²) < 4.78 is 39.1. The Bertz CT molecular complexity index is 1120. The van der Waals surface area contributed by atoms with Gasteiger partial charge in [-0.25, -0.2) is 8.42 Å². The van der Waals surface area contributed by atoms with Gasteiger partial charge in [0.05, 0.1) is 25.7 Å². The van der Waals surface area contributed by atoms with E-state index in [1.807, 2.05) is 30.3 Å². The SMILES string of the molecule is COc1ccc(CN(CC(CO)c2ccccc2)S(=O)(=O)c2ccc(Cl)cc2)cc1OC. The number of methoxy groups -OCH3 is 2. The molecule has 0 aliphatic heterocycles. The number of sulfonamides is 1. The van der Waals surface area contributed by atoms with Crippen molar-refractivity contribution in [3.63, 3.8) is 0 Å². The van der Waals surface area contributed by atoms with Crippen molar-refractivity contribution in [1.29, 1.82) is 0 Å². The molecule has 0 amide bonds. The number of hydrogen-bond donors (Lipinski definition) is 1. The first-order chi connectivity index (χ1) is 15.4. The van der Waals surface area contributed by atoms with Crippen LogP contribution in [-0.4, -0.2) is 45.2 Å². The molecule has 1 N–H and O–H groups in total. The fourth-order valence-corrected chi connectivity index (χ4v) is 5.02. The summed E-state index contributed by atoms with van der Waals surface area (Å²) in [6.45, 7) is -0.00293. The van der Waals surface area contributed by atoms with E-state index in [9.17, 15) is 13.5 Å². The second-order valence-electron chi connectivity index (χ2n) is 7.23. The van der Waals surface area contributed by atoms with Crippen molar-refractivity contribution in [1.82, 2.24) is 4.31 Å². The second-order valence-corrected chi connectivity index (χ2v) is 9.61. The van der Waals surface area contributed by atoms with Crippen LogP contribution in [0.25, 0.3) is 0 Å². The predicted octanol–water partition coefficient (Wildman–Crippen LogP) is 4.32. The van der Waals surface area contributed by atoms with E-state index >= 15 is 0 Å². The van der Waals surface area contributed by atoms with Crippen molar-refractivity contribution in [3.8, 4) is 11.5 Å². The van der Waals surface area contributed by atoms with Gasteiger partial charge in [-0.05, 0) is 47.5 Å². The summed E-state index contributed by atoms with van der Waals surface area (Å²) in [4.78, 5) is 0.132. The average molecular weight is 476 g/mol. The highest BCUT2D eigenvalue weighted by atomic mass is 35.5. The average Bonchev–Trinajstić information content (AvgIpc) is 2.82. The van der Waals surface area contributed by atoms with E-state index in [1.165, 1.54) is 23.5 Å². The molecule has 1 unspecified atom stereocenters. The molecule has 3 rings (SSSR count). The number of aliphatic hydroxyl groups is 1. The van der Waals surface area contributed by atoms with Crippen LogP contribution >= 0.6 is 11.6 Å². The maximum Gasteiger partial charge on any atom is 0.243 e. The van der Waals surface area contributed by atoms with Crippen molar-refractivity contribution in [2.24, 2.45) is 0 Å². The van der Waals surface area contributed by atoms with Crippen LogP contribution in [0.2, 0.25) is 5.02 Å².